The average Bonchev–Trinajstić information content (AvgIpc) is 2.72. The summed E-state index contributed by atoms with van der Waals surface area (Å²) in [5.74, 6) is 0. The van der Waals surface area contributed by atoms with Crippen molar-refractivity contribution in [2.45, 2.75) is 163 Å². The second kappa shape index (κ2) is 20.2. The molecule has 170 valence electrons. The maximum Gasteiger partial charge on any atom is 0.0572 e. The van der Waals surface area contributed by atoms with Gasteiger partial charge in [0.05, 0.1) is 6.10 Å². The zero-order valence-corrected chi connectivity index (χ0v) is 20.6. The molecule has 0 N–H and O–H groups in total. The van der Waals surface area contributed by atoms with Crippen LogP contribution < -0.4 is 0 Å². The molecule has 1 unspecified atom stereocenters. The van der Waals surface area contributed by atoms with E-state index < -0.39 is 0 Å². The summed E-state index contributed by atoms with van der Waals surface area (Å²) >= 11 is 0. The van der Waals surface area contributed by atoms with Gasteiger partial charge in [-0.2, -0.15) is 0 Å². The second-order valence-corrected chi connectivity index (χ2v) is 9.37. The van der Waals surface area contributed by atoms with Crippen molar-refractivity contribution in [2.24, 2.45) is 5.41 Å². The normalized spacial score (nSPS) is 13.2. The Morgan fingerprint density at radius 1 is 0.536 bits per heavy atom. The van der Waals surface area contributed by atoms with Gasteiger partial charge < -0.3 is 4.74 Å². The van der Waals surface area contributed by atoms with Gasteiger partial charge in [-0.05, 0) is 50.4 Å². The van der Waals surface area contributed by atoms with Gasteiger partial charge in [0, 0.05) is 6.61 Å². The van der Waals surface area contributed by atoms with E-state index in [1.54, 1.807) is 0 Å². The van der Waals surface area contributed by atoms with Crippen molar-refractivity contribution in [2.75, 3.05) is 6.61 Å². The van der Waals surface area contributed by atoms with Crippen LogP contribution in [0.4, 0.5) is 0 Å². The fraction of sp³-hybridized carbons (Fsp3) is 1.00. The first kappa shape index (κ1) is 28.0. The van der Waals surface area contributed by atoms with Crippen LogP contribution in [0.15, 0.2) is 0 Å². The van der Waals surface area contributed by atoms with Gasteiger partial charge in [0.25, 0.3) is 0 Å². The smallest absolute Gasteiger partial charge is 0.0572 e. The van der Waals surface area contributed by atoms with Crippen molar-refractivity contribution >= 4 is 0 Å². The molecule has 1 nitrogen and oxygen atoms in total. The molecule has 0 saturated carbocycles. The van der Waals surface area contributed by atoms with Crippen LogP contribution >= 0.6 is 0 Å². The van der Waals surface area contributed by atoms with Crippen molar-refractivity contribution < 1.29 is 4.74 Å². The monoisotopic (exact) mass is 396 g/mol. The molecule has 0 aromatic rings. The SMILES string of the molecule is CCCCC(CCCC)(CCCC)CCCCCCCCC(CC)OCCC. The molecular formula is C27H56O. The third-order valence-corrected chi connectivity index (χ3v) is 6.68. The molecule has 28 heavy (non-hydrogen) atoms. The molecule has 0 spiro atoms. The van der Waals surface area contributed by atoms with Crippen molar-refractivity contribution in [3.05, 3.63) is 0 Å². The Bertz CT molecular complexity index is 277. The summed E-state index contributed by atoms with van der Waals surface area (Å²) in [4.78, 5) is 0. The van der Waals surface area contributed by atoms with Crippen molar-refractivity contribution in [1.29, 1.82) is 0 Å². The second-order valence-electron chi connectivity index (χ2n) is 9.37. The van der Waals surface area contributed by atoms with Gasteiger partial charge in [-0.25, -0.2) is 0 Å². The number of ether oxygens (including phenoxy) is 1. The van der Waals surface area contributed by atoms with Crippen LogP contribution in [-0.4, -0.2) is 12.7 Å². The third kappa shape index (κ3) is 14.9. The highest BCUT2D eigenvalue weighted by Gasteiger charge is 2.27. The van der Waals surface area contributed by atoms with Gasteiger partial charge >= 0.3 is 0 Å². The van der Waals surface area contributed by atoms with Crippen molar-refractivity contribution in [1.82, 2.24) is 0 Å². The van der Waals surface area contributed by atoms with Gasteiger partial charge in [0.2, 0.25) is 0 Å². The Kier molecular flexibility index (Phi) is 20.2. The van der Waals surface area contributed by atoms with Gasteiger partial charge in [0.1, 0.15) is 0 Å². The van der Waals surface area contributed by atoms with E-state index in [9.17, 15) is 0 Å². The first-order valence-electron chi connectivity index (χ1n) is 13.3. The molecule has 0 fully saturated rings. The van der Waals surface area contributed by atoms with Gasteiger partial charge in [0.15, 0.2) is 0 Å². The zero-order chi connectivity index (χ0) is 20.9. The minimum Gasteiger partial charge on any atom is -0.378 e. The summed E-state index contributed by atoms with van der Waals surface area (Å²) < 4.78 is 5.92. The summed E-state index contributed by atoms with van der Waals surface area (Å²) in [6.45, 7) is 12.5. The number of unbranched alkanes of at least 4 members (excludes halogenated alkanes) is 8. The van der Waals surface area contributed by atoms with Crippen LogP contribution in [-0.2, 0) is 4.74 Å². The van der Waals surface area contributed by atoms with E-state index in [0.29, 0.717) is 11.5 Å². The topological polar surface area (TPSA) is 9.23 Å². The summed E-state index contributed by atoms with van der Waals surface area (Å²) in [7, 11) is 0. The Morgan fingerprint density at radius 2 is 1.00 bits per heavy atom. The summed E-state index contributed by atoms with van der Waals surface area (Å²) in [6.07, 6.45) is 27.0. The molecule has 0 heterocycles. The minimum absolute atomic E-state index is 0.510. The fourth-order valence-electron chi connectivity index (χ4n) is 4.67. The predicted octanol–water partition coefficient (Wildman–Crippen LogP) is 9.87. The first-order chi connectivity index (χ1) is 13.7. The van der Waals surface area contributed by atoms with E-state index in [4.69, 9.17) is 4.74 Å². The molecule has 0 bridgehead atoms. The lowest BCUT2D eigenvalue weighted by atomic mass is 9.71. The highest BCUT2D eigenvalue weighted by atomic mass is 16.5. The molecular weight excluding hydrogens is 340 g/mol. The molecule has 0 aliphatic heterocycles. The maximum absolute atomic E-state index is 5.92. The summed E-state index contributed by atoms with van der Waals surface area (Å²) in [5.41, 5.74) is 0.674. The molecule has 0 radical (unpaired) electrons. The molecule has 0 aromatic heterocycles. The summed E-state index contributed by atoms with van der Waals surface area (Å²) in [6, 6.07) is 0. The van der Waals surface area contributed by atoms with Crippen LogP contribution in [0.25, 0.3) is 0 Å². The highest BCUT2D eigenvalue weighted by Crippen LogP contribution is 2.41. The quantitative estimate of drug-likeness (QED) is 0.165. The van der Waals surface area contributed by atoms with Gasteiger partial charge in [-0.3, -0.25) is 0 Å². The predicted molar refractivity (Wildman–Crippen MR) is 128 cm³/mol. The molecule has 0 aliphatic rings. The average molecular weight is 397 g/mol. The van der Waals surface area contributed by atoms with Crippen LogP contribution in [0, 0.1) is 5.41 Å². The molecule has 0 amide bonds. The van der Waals surface area contributed by atoms with Crippen molar-refractivity contribution in [3.63, 3.8) is 0 Å². The Balaban J connectivity index is 4.07. The van der Waals surface area contributed by atoms with Crippen LogP contribution in [0.2, 0.25) is 0 Å². The van der Waals surface area contributed by atoms with E-state index in [2.05, 4.69) is 34.6 Å². The molecule has 1 heteroatoms. The van der Waals surface area contributed by atoms with E-state index in [0.717, 1.165) is 13.0 Å². The highest BCUT2D eigenvalue weighted by molar-refractivity contribution is 4.79. The standard InChI is InChI=1S/C27H56O/c1-6-11-21-27(22-12-7-2,23-13-8-3)24-19-17-15-14-16-18-20-26(10-5)28-25-9-4/h26H,6-25H2,1-5H3. The maximum atomic E-state index is 5.92. The number of hydrogen-bond acceptors (Lipinski definition) is 1. The number of rotatable bonds is 22. The lowest BCUT2D eigenvalue weighted by Gasteiger charge is -2.35. The molecule has 1 atom stereocenters. The zero-order valence-electron chi connectivity index (χ0n) is 20.6. The minimum atomic E-state index is 0.510. The van der Waals surface area contributed by atoms with Crippen LogP contribution in [0.3, 0.4) is 0 Å². The Labute approximate surface area is 179 Å². The molecule has 0 saturated heterocycles. The fourth-order valence-corrected chi connectivity index (χ4v) is 4.67. The van der Waals surface area contributed by atoms with Crippen LogP contribution in [0.1, 0.15) is 157 Å². The van der Waals surface area contributed by atoms with E-state index in [-0.39, 0.29) is 0 Å². The van der Waals surface area contributed by atoms with E-state index in [1.165, 1.54) is 116 Å². The largest absolute Gasteiger partial charge is 0.378 e. The molecule has 0 aliphatic carbocycles. The van der Waals surface area contributed by atoms with Gasteiger partial charge in [-0.15, -0.1) is 0 Å². The van der Waals surface area contributed by atoms with E-state index >= 15 is 0 Å². The van der Waals surface area contributed by atoms with Gasteiger partial charge in [-0.1, -0.05) is 112 Å². The Morgan fingerprint density at radius 3 is 1.46 bits per heavy atom. The lowest BCUT2D eigenvalue weighted by Crippen LogP contribution is -2.21. The molecule has 0 aromatic carbocycles. The van der Waals surface area contributed by atoms with Crippen LogP contribution in [0.5, 0.6) is 0 Å². The number of hydrogen-bond donors (Lipinski definition) is 0. The van der Waals surface area contributed by atoms with E-state index in [1.807, 2.05) is 0 Å². The lowest BCUT2D eigenvalue weighted by molar-refractivity contribution is 0.0436. The third-order valence-electron chi connectivity index (χ3n) is 6.68. The first-order valence-corrected chi connectivity index (χ1v) is 13.3. The summed E-state index contributed by atoms with van der Waals surface area (Å²) in [5, 5.41) is 0. The molecule has 0 rings (SSSR count). The Hall–Kier alpha value is -0.0400. The van der Waals surface area contributed by atoms with Crippen molar-refractivity contribution in [3.8, 4) is 0 Å².